The van der Waals surface area contributed by atoms with Crippen molar-refractivity contribution in [1.29, 1.82) is 0 Å². The summed E-state index contributed by atoms with van der Waals surface area (Å²) in [6.07, 6.45) is 0.723. The Hall–Kier alpha value is -5.32. The summed E-state index contributed by atoms with van der Waals surface area (Å²) in [6, 6.07) is 23.0. The molecule has 0 aliphatic rings. The third-order valence-corrected chi connectivity index (χ3v) is 16.0. The SMILES string of the molecule is OCCOCCOCCOCCOCCOc1ccc(-c2c(Oc3ccc(OCCOCCOCCOCCOCCO)c(CCOCCOCCOCCOCCO)c3-c3ccc(OCCOCCOCCOCCOCCO)cc3)ccc(OCCOCCOCCOCCOCCO)c2CCOCCOCCOCCOCCO)cc1. The van der Waals surface area contributed by atoms with Crippen LogP contribution in [0.2, 0.25) is 0 Å². The predicted molar refractivity (Wildman–Crippen MR) is 435 cm³/mol. The van der Waals surface area contributed by atoms with Crippen LogP contribution in [-0.2, 0) is 127 Å². The fourth-order valence-corrected chi connectivity index (χ4v) is 10.5. The standard InChI is InChI=1S/C84H138O35/c85-15-23-93-31-39-101-47-45-99-37-29-91-21-13-77-79(117-71-67-113-63-59-109-55-51-105-43-35-97-27-19-89)9-11-81(83(77)73-1-5-75(6-2-73)115-69-65-111-61-57-107-53-49-103-41-33-95-25-17-87)119-82-12-10-80(118-72-68-114-64-60-110-56-52-106-44-36-98-28-20-90)78(14-22-92-30-38-100-46-48-102-40-32-94-24-16-86)84(82)74-3-7-76(8-4-74)116-70-66-112-62-58-108-54-50-104-42-34-96-26-18-88/h1-12,85-90H,13-72H2. The minimum absolute atomic E-state index is 0.0349. The van der Waals surface area contributed by atoms with Gasteiger partial charge in [0.1, 0.15) is 60.9 Å². The highest BCUT2D eigenvalue weighted by Gasteiger charge is 2.24. The first-order valence-corrected chi connectivity index (χ1v) is 41.3. The van der Waals surface area contributed by atoms with Gasteiger partial charge in [-0.25, -0.2) is 0 Å². The van der Waals surface area contributed by atoms with Gasteiger partial charge in [0.25, 0.3) is 0 Å². The maximum absolute atomic E-state index is 9.03. The van der Waals surface area contributed by atoms with Gasteiger partial charge in [0.2, 0.25) is 0 Å². The first-order valence-electron chi connectivity index (χ1n) is 41.3. The lowest BCUT2D eigenvalue weighted by Gasteiger charge is -2.23. The normalized spacial score (nSPS) is 11.6. The average Bonchev–Trinajstić information content (AvgIpc) is 0.773. The molecular weight excluding hydrogens is 1570 g/mol. The third-order valence-electron chi connectivity index (χ3n) is 16.0. The summed E-state index contributed by atoms with van der Waals surface area (Å²) >= 11 is 0. The molecule has 0 saturated carbocycles. The monoisotopic (exact) mass is 1710 g/mol. The van der Waals surface area contributed by atoms with Crippen molar-refractivity contribution in [3.63, 3.8) is 0 Å². The molecule has 0 aliphatic heterocycles. The maximum Gasteiger partial charge on any atom is 0.135 e. The smallest absolute Gasteiger partial charge is 0.135 e. The van der Waals surface area contributed by atoms with Crippen LogP contribution in [0.4, 0.5) is 0 Å². The molecule has 35 heteroatoms. The van der Waals surface area contributed by atoms with Gasteiger partial charge in [-0.3, -0.25) is 0 Å². The van der Waals surface area contributed by atoms with E-state index in [1.165, 1.54) is 0 Å². The van der Waals surface area contributed by atoms with E-state index in [2.05, 4.69) is 0 Å². The van der Waals surface area contributed by atoms with E-state index in [9.17, 15) is 0 Å². The van der Waals surface area contributed by atoms with E-state index in [0.717, 1.165) is 22.3 Å². The molecule has 119 heavy (non-hydrogen) atoms. The van der Waals surface area contributed by atoms with Crippen molar-refractivity contribution >= 4 is 0 Å². The first-order chi connectivity index (χ1) is 59.1. The molecule has 0 aromatic heterocycles. The second kappa shape index (κ2) is 81.1. The Morgan fingerprint density at radius 3 is 0.504 bits per heavy atom. The quantitative estimate of drug-likeness (QED) is 0.0343. The summed E-state index contributed by atoms with van der Waals surface area (Å²) in [5, 5.41) is 53.8. The molecule has 0 spiro atoms. The van der Waals surface area contributed by atoms with Gasteiger partial charge in [0.05, 0.1) is 357 Å². The van der Waals surface area contributed by atoms with Crippen molar-refractivity contribution in [1.82, 2.24) is 0 Å². The molecule has 6 N–H and O–H groups in total. The highest BCUT2D eigenvalue weighted by atomic mass is 16.6. The Morgan fingerprint density at radius 2 is 0.311 bits per heavy atom. The van der Waals surface area contributed by atoms with Crippen LogP contribution in [0.3, 0.4) is 0 Å². The van der Waals surface area contributed by atoms with Gasteiger partial charge in [0.15, 0.2) is 0 Å². The predicted octanol–water partition coefficient (Wildman–Crippen LogP) is 3.77. The molecule has 0 atom stereocenters. The second-order valence-electron chi connectivity index (χ2n) is 24.9. The van der Waals surface area contributed by atoms with E-state index >= 15 is 0 Å². The Labute approximate surface area is 702 Å². The van der Waals surface area contributed by atoms with Crippen LogP contribution in [0.5, 0.6) is 34.5 Å². The van der Waals surface area contributed by atoms with Crippen molar-refractivity contribution in [2.75, 3.05) is 383 Å². The van der Waals surface area contributed by atoms with E-state index in [4.69, 9.17) is 168 Å². The first kappa shape index (κ1) is 106. The molecule has 0 saturated heterocycles. The third kappa shape index (κ3) is 57.7. The minimum atomic E-state index is -0.0560. The summed E-state index contributed by atoms with van der Waals surface area (Å²) in [5.41, 5.74) is 4.55. The van der Waals surface area contributed by atoms with E-state index in [1.807, 2.05) is 72.8 Å². The average molecular weight is 1710 g/mol. The van der Waals surface area contributed by atoms with Crippen molar-refractivity contribution in [2.24, 2.45) is 0 Å². The van der Waals surface area contributed by atoms with Crippen LogP contribution < -0.4 is 23.7 Å². The van der Waals surface area contributed by atoms with Crippen LogP contribution >= 0.6 is 0 Å². The number of benzene rings is 4. The summed E-state index contributed by atoms with van der Waals surface area (Å²) in [7, 11) is 0. The molecule has 4 aromatic carbocycles. The summed E-state index contributed by atoms with van der Waals surface area (Å²) in [5.74, 6) is 3.32. The number of hydrogen-bond donors (Lipinski definition) is 6. The molecule has 4 rings (SSSR count). The van der Waals surface area contributed by atoms with Crippen molar-refractivity contribution in [2.45, 2.75) is 12.8 Å². The molecule has 0 bridgehead atoms. The molecule has 0 radical (unpaired) electrons. The molecule has 0 fully saturated rings. The lowest BCUT2D eigenvalue weighted by Crippen LogP contribution is -2.15. The molecule has 0 aliphatic carbocycles. The van der Waals surface area contributed by atoms with Crippen LogP contribution in [0.25, 0.3) is 22.3 Å². The number of ether oxygens (including phenoxy) is 29. The second-order valence-corrected chi connectivity index (χ2v) is 24.9. The highest BCUT2D eigenvalue weighted by molar-refractivity contribution is 5.81. The van der Waals surface area contributed by atoms with Gasteiger partial charge in [-0.15, -0.1) is 0 Å². The molecule has 0 unspecified atom stereocenters. The van der Waals surface area contributed by atoms with Gasteiger partial charge in [-0.05, 0) is 59.7 Å². The molecule has 35 nitrogen and oxygen atoms in total. The van der Waals surface area contributed by atoms with E-state index in [-0.39, 0.29) is 145 Å². The Kier molecular flexibility index (Phi) is 72.2. The zero-order valence-corrected chi connectivity index (χ0v) is 69.9. The number of hydrogen-bond acceptors (Lipinski definition) is 35. The summed E-state index contributed by atoms with van der Waals surface area (Å²) in [4.78, 5) is 0. The summed E-state index contributed by atoms with van der Waals surface area (Å²) in [6.45, 7) is 17.0. The van der Waals surface area contributed by atoms with Gasteiger partial charge in [-0.2, -0.15) is 0 Å². The zero-order chi connectivity index (χ0) is 84.3. The maximum atomic E-state index is 9.03. The molecule has 0 amide bonds. The largest absolute Gasteiger partial charge is 0.491 e. The topological polar surface area (TPSA) is 389 Å². The van der Waals surface area contributed by atoms with Crippen molar-refractivity contribution in [3.8, 4) is 56.8 Å². The lowest BCUT2D eigenvalue weighted by molar-refractivity contribution is -0.00787. The van der Waals surface area contributed by atoms with Crippen LogP contribution in [0.15, 0.2) is 72.8 Å². The number of aliphatic hydroxyl groups excluding tert-OH is 6. The zero-order valence-electron chi connectivity index (χ0n) is 69.9. The fraction of sp³-hybridized carbons (Fsp3) is 0.714. The Bertz CT molecular complexity index is 2650. The van der Waals surface area contributed by atoms with Gasteiger partial charge >= 0.3 is 0 Å². The number of aliphatic hydroxyl groups is 6. The van der Waals surface area contributed by atoms with Crippen LogP contribution in [0.1, 0.15) is 11.1 Å². The summed E-state index contributed by atoms with van der Waals surface area (Å²) < 4.78 is 169. The van der Waals surface area contributed by atoms with Crippen molar-refractivity contribution in [3.05, 3.63) is 83.9 Å². The minimum Gasteiger partial charge on any atom is -0.491 e. The molecule has 684 valence electrons. The Morgan fingerprint density at radius 1 is 0.151 bits per heavy atom. The molecule has 0 heterocycles. The Balaban J connectivity index is 1.72. The molecule has 4 aromatic rings. The highest BCUT2D eigenvalue weighted by Crippen LogP contribution is 2.46. The van der Waals surface area contributed by atoms with Crippen LogP contribution in [-0.4, -0.2) is 414 Å². The number of rotatable bonds is 92. The van der Waals surface area contributed by atoms with Gasteiger partial charge in [0, 0.05) is 35.1 Å². The van der Waals surface area contributed by atoms with E-state index < -0.39 is 0 Å². The molecular formula is C84H138O35. The van der Waals surface area contributed by atoms with E-state index in [0.29, 0.717) is 296 Å². The van der Waals surface area contributed by atoms with E-state index in [1.54, 1.807) is 0 Å². The van der Waals surface area contributed by atoms with Crippen molar-refractivity contribution < 1.29 is 168 Å². The van der Waals surface area contributed by atoms with Crippen LogP contribution in [0, 0.1) is 0 Å². The fourth-order valence-electron chi connectivity index (χ4n) is 10.5. The van der Waals surface area contributed by atoms with Gasteiger partial charge in [-0.1, -0.05) is 24.3 Å². The van der Waals surface area contributed by atoms with Gasteiger partial charge < -0.3 is 168 Å². The lowest BCUT2D eigenvalue weighted by atomic mass is 9.94.